The summed E-state index contributed by atoms with van der Waals surface area (Å²) < 4.78 is 0. The minimum absolute atomic E-state index is 0. The molecule has 6 heteroatoms. The number of carboxylic acid groups (broad SMARTS) is 2. The summed E-state index contributed by atoms with van der Waals surface area (Å²) >= 11 is 0. The summed E-state index contributed by atoms with van der Waals surface area (Å²) in [5.74, 6) is 0. The third-order valence-corrected chi connectivity index (χ3v) is 0.224. The van der Waals surface area contributed by atoms with Crippen LogP contribution in [0.2, 0.25) is 0 Å². The smallest absolute Gasteiger partial charge is 0.652 e. The molecule has 0 heterocycles. The van der Waals surface area contributed by atoms with Crippen molar-refractivity contribution >= 4 is 6.16 Å². The molecule has 0 radical (unpaired) electrons. The molecule has 10 heavy (non-hydrogen) atoms. The van der Waals surface area contributed by atoms with Crippen molar-refractivity contribution in [3.63, 3.8) is 0 Å². The number of rotatable bonds is 1. The summed E-state index contributed by atoms with van der Waals surface area (Å²) in [6.07, 6.45) is -1.46. The van der Waals surface area contributed by atoms with Gasteiger partial charge in [0.1, 0.15) is 0 Å². The fourth-order valence-electron chi connectivity index (χ4n) is 0. The van der Waals surface area contributed by atoms with Crippen LogP contribution < -0.4 is 69.3 Å². The first-order chi connectivity index (χ1) is 3.65. The van der Waals surface area contributed by atoms with Gasteiger partial charge in [-0.3, -0.25) is 0 Å². The van der Waals surface area contributed by atoms with Gasteiger partial charge in [-0.2, -0.15) is 0 Å². The molecule has 0 unspecified atom stereocenters. The van der Waals surface area contributed by atoms with Crippen molar-refractivity contribution in [1.82, 2.24) is 0 Å². The Hall–Kier alpha value is 1.23. The van der Waals surface area contributed by atoms with Crippen molar-refractivity contribution in [2.45, 2.75) is 13.3 Å². The molecule has 0 aromatic carbocycles. The molecule has 4 nitrogen and oxygen atoms in total. The molecule has 50 valence electrons. The molecule has 1 N–H and O–H groups in total. The summed E-state index contributed by atoms with van der Waals surface area (Å²) in [6.45, 7) is 2.25. The van der Waals surface area contributed by atoms with E-state index >= 15 is 0 Å². The number of hydrogen-bond acceptors (Lipinski definition) is 4. The summed E-state index contributed by atoms with van der Waals surface area (Å²) in [7, 11) is 0. The molecule has 0 aromatic heterocycles. The van der Waals surface area contributed by atoms with Crippen LogP contribution in [0.3, 0.4) is 0 Å². The number of carbonyl (C=O) groups is 1. The maximum Gasteiger partial charge on any atom is 1.00 e. The Morgan fingerprint density at radius 1 is 1.40 bits per heavy atom. The molecule has 0 rings (SSSR count). The van der Waals surface area contributed by atoms with E-state index in [4.69, 9.17) is 20.1 Å². The van der Waals surface area contributed by atoms with Crippen LogP contribution in [0.1, 0.15) is 13.3 Å². The third-order valence-electron chi connectivity index (χ3n) is 0.224. The van der Waals surface area contributed by atoms with E-state index in [0.29, 0.717) is 6.61 Å². The van der Waals surface area contributed by atoms with Crippen LogP contribution >= 0.6 is 0 Å². The predicted molar refractivity (Wildman–Crippen MR) is 22.8 cm³/mol. The summed E-state index contributed by atoms with van der Waals surface area (Å²) in [6, 6.07) is 0. The second-order valence-corrected chi connectivity index (χ2v) is 0.974. The minimum Gasteiger partial charge on any atom is -0.652 e. The van der Waals surface area contributed by atoms with Crippen LogP contribution in [0.25, 0.3) is 0 Å². The summed E-state index contributed by atoms with van der Waals surface area (Å²) in [5, 5.41) is 24.5. The van der Waals surface area contributed by atoms with Gasteiger partial charge in [0.2, 0.25) is 0 Å². The van der Waals surface area contributed by atoms with Crippen LogP contribution in [0.4, 0.5) is 4.79 Å². The van der Waals surface area contributed by atoms with Crippen LogP contribution in [-0.2, 0) is 0 Å². The molecular formula is C4H8Na2O4. The van der Waals surface area contributed by atoms with E-state index in [1.165, 1.54) is 0 Å². The van der Waals surface area contributed by atoms with Crippen molar-refractivity contribution in [2.24, 2.45) is 0 Å². The second-order valence-electron chi connectivity index (χ2n) is 0.974. The Morgan fingerprint density at radius 2 is 1.50 bits per heavy atom. The van der Waals surface area contributed by atoms with Crippen LogP contribution in [0.5, 0.6) is 0 Å². The summed E-state index contributed by atoms with van der Waals surface area (Å²) in [4.78, 5) is 8.33. The van der Waals surface area contributed by atoms with Crippen LogP contribution in [0.15, 0.2) is 0 Å². The van der Waals surface area contributed by atoms with Crippen molar-refractivity contribution in [1.29, 1.82) is 0 Å². The van der Waals surface area contributed by atoms with Crippen molar-refractivity contribution in [2.75, 3.05) is 6.61 Å². The second kappa shape index (κ2) is 22.5. The number of hydrogen-bond donors (Lipinski definition) is 1. The molecule has 0 saturated heterocycles. The van der Waals surface area contributed by atoms with E-state index < -0.39 is 6.16 Å². The standard InChI is InChI=1S/C3H8O.CH2O3.2Na/c1-2-3-4;2-1(3)4;;/h4H,2-3H2,1H3;(H2,2,3,4);;/q;;2*+1/p-2. The van der Waals surface area contributed by atoms with Crippen molar-refractivity contribution in [3.8, 4) is 0 Å². The van der Waals surface area contributed by atoms with Gasteiger partial charge < -0.3 is 20.1 Å². The molecule has 0 aliphatic rings. The van der Waals surface area contributed by atoms with Gasteiger partial charge in [0, 0.05) is 6.61 Å². The maximum absolute atomic E-state index is 8.33. The van der Waals surface area contributed by atoms with Gasteiger partial charge in [0.25, 0.3) is 0 Å². The molecule has 0 saturated carbocycles. The first kappa shape index (κ1) is 22.5. The molecule has 0 atom stereocenters. The van der Waals surface area contributed by atoms with Crippen molar-refractivity contribution in [3.05, 3.63) is 0 Å². The molecule has 0 aliphatic carbocycles. The molecule has 0 spiro atoms. The average Bonchev–Trinajstić information content (AvgIpc) is 1.65. The zero-order chi connectivity index (χ0) is 6.99. The Labute approximate surface area is 104 Å². The Kier molecular flexibility index (Phi) is 50.5. The zero-order valence-corrected chi connectivity index (χ0v) is 10.6. The first-order valence-corrected chi connectivity index (χ1v) is 2.14. The van der Waals surface area contributed by atoms with Gasteiger partial charge >= 0.3 is 59.1 Å². The Balaban J connectivity index is -0.0000000300. The number of aliphatic hydroxyl groups is 1. The Bertz CT molecular complexity index is 53.2. The van der Waals surface area contributed by atoms with Crippen LogP contribution in [0, 0.1) is 0 Å². The topological polar surface area (TPSA) is 83.4 Å². The van der Waals surface area contributed by atoms with Gasteiger partial charge in [-0.1, -0.05) is 6.92 Å². The summed E-state index contributed by atoms with van der Waals surface area (Å²) in [5.41, 5.74) is 0. The molecular weight excluding hydrogens is 158 g/mol. The van der Waals surface area contributed by atoms with E-state index in [1.807, 2.05) is 6.92 Å². The predicted octanol–water partition coefficient (Wildman–Crippen LogP) is -8.05. The van der Waals surface area contributed by atoms with Gasteiger partial charge in [-0.05, 0) is 12.6 Å². The van der Waals surface area contributed by atoms with E-state index in [1.54, 1.807) is 0 Å². The normalized spacial score (nSPS) is 5.40. The van der Waals surface area contributed by atoms with Gasteiger partial charge in [-0.25, -0.2) is 0 Å². The molecule has 0 fully saturated rings. The number of aliphatic hydroxyl groups excluding tert-OH is 1. The van der Waals surface area contributed by atoms with E-state index in [-0.39, 0.29) is 59.1 Å². The average molecular weight is 166 g/mol. The number of carbonyl (C=O) groups excluding carboxylic acids is 1. The largest absolute Gasteiger partial charge is 1.00 e. The van der Waals surface area contributed by atoms with Crippen LogP contribution in [-0.4, -0.2) is 17.9 Å². The SMILES string of the molecule is CCCO.O=C([O-])[O-].[Na+].[Na+]. The monoisotopic (exact) mass is 166 g/mol. The van der Waals surface area contributed by atoms with Crippen molar-refractivity contribution < 1.29 is 79.2 Å². The third kappa shape index (κ3) is 126. The van der Waals surface area contributed by atoms with E-state index in [0.717, 1.165) is 6.42 Å². The van der Waals surface area contributed by atoms with Gasteiger partial charge in [0.05, 0.1) is 0 Å². The minimum atomic E-state index is -2.33. The first-order valence-electron chi connectivity index (χ1n) is 2.14. The molecule has 0 aromatic rings. The fourth-order valence-corrected chi connectivity index (χ4v) is 0. The van der Waals surface area contributed by atoms with E-state index in [9.17, 15) is 0 Å². The molecule has 0 bridgehead atoms. The van der Waals surface area contributed by atoms with Gasteiger partial charge in [-0.15, -0.1) is 0 Å². The molecule has 0 aliphatic heterocycles. The maximum atomic E-state index is 8.33. The van der Waals surface area contributed by atoms with E-state index in [2.05, 4.69) is 0 Å². The molecule has 0 amide bonds. The Morgan fingerprint density at radius 3 is 1.50 bits per heavy atom. The van der Waals surface area contributed by atoms with Gasteiger partial charge in [0.15, 0.2) is 0 Å². The quantitative estimate of drug-likeness (QED) is 0.392. The fraction of sp³-hybridized carbons (Fsp3) is 0.750. The zero-order valence-electron chi connectivity index (χ0n) is 6.59.